The molecule has 134 valence electrons. The van der Waals surface area contributed by atoms with E-state index in [0.29, 0.717) is 10.0 Å². The van der Waals surface area contributed by atoms with Crippen LogP contribution >= 0.6 is 23.2 Å². The molecule has 5 heteroatoms. The molecule has 27 heavy (non-hydrogen) atoms. The van der Waals surface area contributed by atoms with E-state index in [1.165, 1.54) is 0 Å². The molecule has 3 aromatic carbocycles. The maximum atomic E-state index is 6.49. The molecule has 0 saturated carbocycles. The first-order chi connectivity index (χ1) is 13.2. The van der Waals surface area contributed by atoms with Crippen molar-refractivity contribution >= 4 is 28.9 Å². The number of hydrogen-bond acceptors (Lipinski definition) is 3. The Morgan fingerprint density at radius 1 is 0.889 bits per heavy atom. The molecule has 0 saturated heterocycles. The fraction of sp³-hybridized carbons (Fsp3) is 0.136. The van der Waals surface area contributed by atoms with Crippen molar-refractivity contribution in [3.05, 3.63) is 99.5 Å². The molecule has 3 aromatic rings. The number of ether oxygens (including phenoxy) is 1. The van der Waals surface area contributed by atoms with E-state index in [2.05, 4.69) is 18.2 Å². The van der Waals surface area contributed by atoms with Crippen LogP contribution in [0.4, 0.5) is 0 Å². The zero-order chi connectivity index (χ0) is 18.4. The largest absolute Gasteiger partial charge is 0.464 e. The van der Waals surface area contributed by atoms with Gasteiger partial charge in [0.2, 0.25) is 6.23 Å². The molecule has 2 atom stereocenters. The molecule has 3 nitrogen and oxygen atoms in total. The van der Waals surface area contributed by atoms with Crippen LogP contribution in [0.15, 0.2) is 77.9 Å². The number of hydrogen-bond donors (Lipinski definition) is 0. The fourth-order valence-electron chi connectivity index (χ4n) is 3.75. The first-order valence-electron chi connectivity index (χ1n) is 8.82. The van der Waals surface area contributed by atoms with Gasteiger partial charge < -0.3 is 4.74 Å². The lowest BCUT2D eigenvalue weighted by atomic mass is 9.96. The number of benzene rings is 3. The summed E-state index contributed by atoms with van der Waals surface area (Å²) in [5.41, 5.74) is 4.19. The molecule has 2 heterocycles. The van der Waals surface area contributed by atoms with Gasteiger partial charge in [-0.25, -0.2) is 5.01 Å². The average Bonchev–Trinajstić information content (AvgIpc) is 3.14. The third-order valence-electron chi connectivity index (χ3n) is 5.03. The maximum absolute atomic E-state index is 6.49. The second kappa shape index (κ2) is 6.59. The second-order valence-corrected chi connectivity index (χ2v) is 7.53. The molecule has 0 bridgehead atoms. The van der Waals surface area contributed by atoms with E-state index in [1.54, 1.807) is 6.07 Å². The normalized spacial score (nSPS) is 20.5. The highest BCUT2D eigenvalue weighted by Crippen LogP contribution is 2.48. The van der Waals surface area contributed by atoms with E-state index in [1.807, 2.05) is 53.5 Å². The van der Waals surface area contributed by atoms with Crippen molar-refractivity contribution in [1.82, 2.24) is 5.01 Å². The lowest BCUT2D eigenvalue weighted by Gasteiger charge is -2.38. The van der Waals surface area contributed by atoms with Crippen LogP contribution in [0.25, 0.3) is 0 Å². The zero-order valence-electron chi connectivity index (χ0n) is 14.3. The van der Waals surface area contributed by atoms with Gasteiger partial charge >= 0.3 is 0 Å². The summed E-state index contributed by atoms with van der Waals surface area (Å²) in [6.45, 7) is 0. The maximum Gasteiger partial charge on any atom is 0.215 e. The van der Waals surface area contributed by atoms with Gasteiger partial charge in [0.05, 0.1) is 16.8 Å². The van der Waals surface area contributed by atoms with E-state index >= 15 is 0 Å². The molecular weight excluding hydrogens is 379 g/mol. The number of hydrazone groups is 1. The molecule has 2 aliphatic rings. The Hall–Kier alpha value is -2.49. The van der Waals surface area contributed by atoms with Gasteiger partial charge in [-0.05, 0) is 23.8 Å². The van der Waals surface area contributed by atoms with E-state index in [-0.39, 0.29) is 6.04 Å². The van der Waals surface area contributed by atoms with E-state index < -0.39 is 6.23 Å². The summed E-state index contributed by atoms with van der Waals surface area (Å²) in [5.74, 6) is 0.874. The van der Waals surface area contributed by atoms with E-state index in [4.69, 9.17) is 33.0 Å². The van der Waals surface area contributed by atoms with E-state index in [0.717, 1.165) is 34.6 Å². The van der Waals surface area contributed by atoms with Crippen LogP contribution in [-0.2, 0) is 0 Å². The van der Waals surface area contributed by atoms with Crippen LogP contribution in [0.5, 0.6) is 5.75 Å². The molecule has 0 fully saturated rings. The molecule has 0 radical (unpaired) electrons. The lowest BCUT2D eigenvalue weighted by molar-refractivity contribution is -0.0189. The monoisotopic (exact) mass is 394 g/mol. The first-order valence-corrected chi connectivity index (χ1v) is 9.58. The van der Waals surface area contributed by atoms with E-state index in [9.17, 15) is 0 Å². The Balaban J connectivity index is 1.62. The van der Waals surface area contributed by atoms with Gasteiger partial charge in [-0.2, -0.15) is 5.10 Å². The highest BCUT2D eigenvalue weighted by molar-refractivity contribution is 6.35. The van der Waals surface area contributed by atoms with Crippen LogP contribution in [-0.4, -0.2) is 10.7 Å². The zero-order valence-corrected chi connectivity index (χ0v) is 15.9. The van der Waals surface area contributed by atoms with Crippen molar-refractivity contribution in [1.29, 1.82) is 0 Å². The Morgan fingerprint density at radius 2 is 1.67 bits per heavy atom. The SMILES string of the molecule is Clc1ccc([C@H]2Oc3ccccc3[C@@H]3CC(c4ccccc4)=NN23)c(Cl)c1. The van der Waals surface area contributed by atoms with Crippen LogP contribution in [0, 0.1) is 0 Å². The summed E-state index contributed by atoms with van der Waals surface area (Å²) >= 11 is 12.6. The number of halogens is 2. The second-order valence-electron chi connectivity index (χ2n) is 6.69. The highest BCUT2D eigenvalue weighted by atomic mass is 35.5. The van der Waals surface area contributed by atoms with Crippen molar-refractivity contribution in [2.24, 2.45) is 5.10 Å². The standard InChI is InChI=1S/C22H16Cl2N2O/c23-15-10-11-16(18(24)12-15)22-26-20(17-8-4-5-9-21(17)27-22)13-19(25-26)14-6-2-1-3-7-14/h1-12,20,22H,13H2/t20-,22+/m0/s1. The minimum Gasteiger partial charge on any atom is -0.464 e. The van der Waals surface area contributed by atoms with Crippen LogP contribution < -0.4 is 4.74 Å². The minimum absolute atomic E-state index is 0.113. The Kier molecular flexibility index (Phi) is 4.07. The Bertz CT molecular complexity index is 1040. The van der Waals surface area contributed by atoms with Crippen molar-refractivity contribution < 1.29 is 4.74 Å². The van der Waals surface area contributed by atoms with Gasteiger partial charge in [0.25, 0.3) is 0 Å². The summed E-state index contributed by atoms with van der Waals surface area (Å²) < 4.78 is 6.33. The third kappa shape index (κ3) is 2.88. The van der Waals surface area contributed by atoms with Crippen LogP contribution in [0.2, 0.25) is 10.0 Å². The molecular formula is C22H16Cl2N2O. The molecule has 0 amide bonds. The third-order valence-corrected chi connectivity index (χ3v) is 5.60. The Morgan fingerprint density at radius 3 is 2.48 bits per heavy atom. The topological polar surface area (TPSA) is 24.8 Å². The molecule has 5 rings (SSSR count). The molecule has 0 aromatic heterocycles. The summed E-state index contributed by atoms with van der Waals surface area (Å²) in [5, 5.41) is 8.14. The highest BCUT2D eigenvalue weighted by Gasteiger charge is 2.41. The van der Waals surface area contributed by atoms with Crippen molar-refractivity contribution in [2.75, 3.05) is 0 Å². The number of rotatable bonds is 2. The van der Waals surface area contributed by atoms with Gasteiger partial charge in [-0.1, -0.05) is 77.8 Å². The minimum atomic E-state index is -0.393. The fourth-order valence-corrected chi connectivity index (χ4v) is 4.25. The number of para-hydroxylation sites is 1. The first kappa shape index (κ1) is 16.7. The molecule has 0 spiro atoms. The predicted octanol–water partition coefficient (Wildman–Crippen LogP) is 6.24. The van der Waals surface area contributed by atoms with Crippen molar-refractivity contribution in [3.8, 4) is 5.75 Å². The summed E-state index contributed by atoms with van der Waals surface area (Å²) in [6, 6.07) is 24.0. The summed E-state index contributed by atoms with van der Waals surface area (Å²) in [7, 11) is 0. The van der Waals surface area contributed by atoms with Crippen molar-refractivity contribution in [3.63, 3.8) is 0 Å². The Labute approximate surface area is 167 Å². The van der Waals surface area contributed by atoms with Gasteiger partial charge in [0.15, 0.2) is 0 Å². The number of nitrogens with zero attached hydrogens (tertiary/aromatic N) is 2. The van der Waals surface area contributed by atoms with Crippen LogP contribution in [0.3, 0.4) is 0 Å². The smallest absolute Gasteiger partial charge is 0.215 e. The molecule has 0 aliphatic carbocycles. The average molecular weight is 395 g/mol. The quantitative estimate of drug-likeness (QED) is 0.513. The molecule has 0 N–H and O–H groups in total. The van der Waals surface area contributed by atoms with Gasteiger partial charge in [0, 0.05) is 22.6 Å². The molecule has 0 unspecified atom stereocenters. The van der Waals surface area contributed by atoms with Crippen molar-refractivity contribution in [2.45, 2.75) is 18.7 Å². The summed E-state index contributed by atoms with van der Waals surface area (Å²) in [4.78, 5) is 0. The van der Waals surface area contributed by atoms with Gasteiger partial charge in [-0.3, -0.25) is 0 Å². The van der Waals surface area contributed by atoms with Crippen LogP contribution in [0.1, 0.15) is 35.4 Å². The number of fused-ring (bicyclic) bond motifs is 3. The predicted molar refractivity (Wildman–Crippen MR) is 108 cm³/mol. The van der Waals surface area contributed by atoms with Gasteiger partial charge in [-0.15, -0.1) is 0 Å². The lowest BCUT2D eigenvalue weighted by Crippen LogP contribution is -2.33. The molecule has 2 aliphatic heterocycles. The summed E-state index contributed by atoms with van der Waals surface area (Å²) in [6.07, 6.45) is 0.433. The van der Waals surface area contributed by atoms with Gasteiger partial charge in [0.1, 0.15) is 5.75 Å².